The SMILES string of the molecule is CNC.CNC(C)=O.COC.COC(C)=O. The topological polar surface area (TPSA) is 76.7 Å². The normalized spacial score (nSPS) is 6.50. The monoisotopic (exact) mass is 238 g/mol. The summed E-state index contributed by atoms with van der Waals surface area (Å²) >= 11 is 0. The minimum absolute atomic E-state index is 0.00463. The average molecular weight is 238 g/mol. The maximum atomic E-state index is 9.70. The molecule has 2 N–H and O–H groups in total. The molecule has 0 aromatic carbocycles. The van der Waals surface area contributed by atoms with E-state index in [1.165, 1.54) is 21.0 Å². The first-order chi connectivity index (χ1) is 7.37. The van der Waals surface area contributed by atoms with Crippen molar-refractivity contribution >= 4 is 11.9 Å². The molecule has 0 aliphatic rings. The Balaban J connectivity index is -0.0000000621. The van der Waals surface area contributed by atoms with Crippen LogP contribution in [-0.2, 0) is 19.1 Å². The van der Waals surface area contributed by atoms with E-state index in [2.05, 4.69) is 20.1 Å². The second-order valence-corrected chi connectivity index (χ2v) is 2.41. The molecule has 0 aromatic rings. The number of rotatable bonds is 0. The van der Waals surface area contributed by atoms with E-state index < -0.39 is 0 Å². The van der Waals surface area contributed by atoms with Crippen molar-refractivity contribution in [3.8, 4) is 0 Å². The molecule has 1 amide bonds. The number of esters is 1. The summed E-state index contributed by atoms with van der Waals surface area (Å²) in [5.74, 6) is -0.241. The molecule has 0 fully saturated rings. The van der Waals surface area contributed by atoms with Gasteiger partial charge in [0.05, 0.1) is 7.11 Å². The summed E-state index contributed by atoms with van der Waals surface area (Å²) in [7, 11) is 9.95. The Kier molecular flexibility index (Phi) is 44.2. The van der Waals surface area contributed by atoms with E-state index in [0.29, 0.717) is 0 Å². The van der Waals surface area contributed by atoms with E-state index in [0.717, 1.165) is 0 Å². The highest BCUT2D eigenvalue weighted by molar-refractivity contribution is 5.72. The zero-order chi connectivity index (χ0) is 14.0. The van der Waals surface area contributed by atoms with Crippen molar-refractivity contribution in [3.05, 3.63) is 0 Å². The highest BCUT2D eigenvalue weighted by Gasteiger charge is 1.75. The van der Waals surface area contributed by atoms with Gasteiger partial charge in [-0.15, -0.1) is 0 Å². The highest BCUT2D eigenvalue weighted by atomic mass is 16.5. The Bertz CT molecular complexity index is 125. The molecule has 6 nitrogen and oxygen atoms in total. The second kappa shape index (κ2) is 29.2. The molecule has 0 aromatic heterocycles. The summed E-state index contributed by atoms with van der Waals surface area (Å²) in [6.07, 6.45) is 0. The first-order valence-electron chi connectivity index (χ1n) is 4.59. The van der Waals surface area contributed by atoms with Crippen LogP contribution in [0.2, 0.25) is 0 Å². The maximum Gasteiger partial charge on any atom is 0.302 e. The second-order valence-electron chi connectivity index (χ2n) is 2.41. The fraction of sp³-hybridized carbons (Fsp3) is 0.800. The molecule has 100 valence electrons. The standard InChI is InChI=1S/C3H7NO.C3H6O2.C2H7N.C2H6O/c1-3(5)4-2;1-3(4)5-2;2*1-3-2/h1-2H3,(H,4,5);1-2H3;3H,1-2H3;1-2H3. The number of nitrogens with one attached hydrogen (secondary N) is 2. The predicted octanol–water partition coefficient (Wildman–Crippen LogP) is 0.0298. The number of methoxy groups -OCH3 is 2. The Labute approximate surface area is 98.7 Å². The number of hydrogen-bond acceptors (Lipinski definition) is 5. The molecule has 0 saturated carbocycles. The quantitative estimate of drug-likeness (QED) is 0.582. The van der Waals surface area contributed by atoms with Crippen molar-refractivity contribution in [1.82, 2.24) is 10.6 Å². The lowest BCUT2D eigenvalue weighted by atomic mass is 10.7. The number of amides is 1. The maximum absolute atomic E-state index is 9.70. The molecular formula is C10H26N2O4. The zero-order valence-electron chi connectivity index (χ0n) is 11.6. The van der Waals surface area contributed by atoms with Crippen LogP contribution in [-0.4, -0.2) is 54.3 Å². The van der Waals surface area contributed by atoms with Gasteiger partial charge in [0, 0.05) is 35.1 Å². The summed E-state index contributed by atoms with van der Waals surface area (Å²) in [4.78, 5) is 19.3. The van der Waals surface area contributed by atoms with Crippen LogP contribution in [0.5, 0.6) is 0 Å². The van der Waals surface area contributed by atoms with Gasteiger partial charge in [-0.25, -0.2) is 0 Å². The molecule has 16 heavy (non-hydrogen) atoms. The molecule has 0 spiro atoms. The van der Waals surface area contributed by atoms with Crippen molar-refractivity contribution in [2.45, 2.75) is 13.8 Å². The lowest BCUT2D eigenvalue weighted by Crippen LogP contribution is -2.11. The summed E-state index contributed by atoms with van der Waals surface area (Å²) in [6.45, 7) is 2.83. The van der Waals surface area contributed by atoms with Gasteiger partial charge in [0.25, 0.3) is 0 Å². The van der Waals surface area contributed by atoms with Crippen LogP contribution in [0, 0.1) is 0 Å². The van der Waals surface area contributed by atoms with Crippen LogP contribution in [0.25, 0.3) is 0 Å². The molecule has 0 atom stereocenters. The Morgan fingerprint density at radius 2 is 1.06 bits per heavy atom. The number of hydrogen-bond donors (Lipinski definition) is 2. The van der Waals surface area contributed by atoms with E-state index in [1.54, 1.807) is 21.3 Å². The average Bonchev–Trinajstić information content (AvgIpc) is 2.21. The zero-order valence-corrected chi connectivity index (χ0v) is 11.6. The lowest BCUT2D eigenvalue weighted by Gasteiger charge is -1.80. The van der Waals surface area contributed by atoms with Gasteiger partial charge in [-0.3, -0.25) is 9.59 Å². The molecule has 6 heteroatoms. The van der Waals surface area contributed by atoms with Crippen LogP contribution in [0.15, 0.2) is 0 Å². The van der Waals surface area contributed by atoms with Gasteiger partial charge in [-0.1, -0.05) is 0 Å². The van der Waals surface area contributed by atoms with Crippen molar-refractivity contribution in [1.29, 1.82) is 0 Å². The van der Waals surface area contributed by atoms with Gasteiger partial charge in [-0.05, 0) is 14.1 Å². The number of carbonyl (C=O) groups excluding carboxylic acids is 2. The molecule has 0 radical (unpaired) electrons. The minimum Gasteiger partial charge on any atom is -0.469 e. The Hall–Kier alpha value is -1.14. The van der Waals surface area contributed by atoms with Crippen LogP contribution < -0.4 is 10.6 Å². The van der Waals surface area contributed by atoms with Crippen molar-refractivity contribution in [2.24, 2.45) is 0 Å². The van der Waals surface area contributed by atoms with Gasteiger partial charge in [-0.2, -0.15) is 0 Å². The van der Waals surface area contributed by atoms with Gasteiger partial charge >= 0.3 is 5.97 Å². The van der Waals surface area contributed by atoms with E-state index in [-0.39, 0.29) is 11.9 Å². The molecule has 0 unspecified atom stereocenters. The smallest absolute Gasteiger partial charge is 0.302 e. The molecule has 0 aliphatic carbocycles. The van der Waals surface area contributed by atoms with Gasteiger partial charge in [0.15, 0.2) is 0 Å². The fourth-order valence-electron chi connectivity index (χ4n) is 0. The van der Waals surface area contributed by atoms with Gasteiger partial charge in [0.2, 0.25) is 5.91 Å². The third-order valence-electron chi connectivity index (χ3n) is 0.640. The molecule has 0 bridgehead atoms. The third kappa shape index (κ3) is 221. The van der Waals surface area contributed by atoms with Gasteiger partial charge < -0.3 is 20.1 Å². The van der Waals surface area contributed by atoms with E-state index in [9.17, 15) is 9.59 Å². The predicted molar refractivity (Wildman–Crippen MR) is 65.3 cm³/mol. The van der Waals surface area contributed by atoms with E-state index in [1.807, 2.05) is 14.1 Å². The number of carbonyl (C=O) groups is 2. The molecular weight excluding hydrogens is 212 g/mol. The first-order valence-corrected chi connectivity index (χ1v) is 4.59. The van der Waals surface area contributed by atoms with Crippen LogP contribution in [0.1, 0.15) is 13.8 Å². The van der Waals surface area contributed by atoms with E-state index >= 15 is 0 Å². The minimum atomic E-state index is -0.245. The van der Waals surface area contributed by atoms with Crippen molar-refractivity contribution in [2.75, 3.05) is 42.5 Å². The molecule has 0 aliphatic heterocycles. The summed E-state index contributed by atoms with van der Waals surface area (Å²) in [5.41, 5.74) is 0. The van der Waals surface area contributed by atoms with Crippen LogP contribution in [0.4, 0.5) is 0 Å². The van der Waals surface area contributed by atoms with Crippen molar-refractivity contribution in [3.63, 3.8) is 0 Å². The molecule has 0 rings (SSSR count). The summed E-state index contributed by atoms with van der Waals surface area (Å²) < 4.78 is 8.36. The molecule has 0 heterocycles. The summed E-state index contributed by atoms with van der Waals surface area (Å²) in [6, 6.07) is 0. The largest absolute Gasteiger partial charge is 0.469 e. The lowest BCUT2D eigenvalue weighted by molar-refractivity contribution is -0.137. The summed E-state index contributed by atoms with van der Waals surface area (Å²) in [5, 5.41) is 5.14. The Morgan fingerprint density at radius 3 is 1.06 bits per heavy atom. The first kappa shape index (κ1) is 24.2. The van der Waals surface area contributed by atoms with Crippen molar-refractivity contribution < 1.29 is 19.1 Å². The van der Waals surface area contributed by atoms with Crippen LogP contribution in [0.3, 0.4) is 0 Å². The number of ether oxygens (including phenoxy) is 2. The Morgan fingerprint density at radius 1 is 0.938 bits per heavy atom. The van der Waals surface area contributed by atoms with Crippen LogP contribution >= 0.6 is 0 Å². The third-order valence-corrected chi connectivity index (χ3v) is 0.640. The van der Waals surface area contributed by atoms with Gasteiger partial charge in [0.1, 0.15) is 0 Å². The molecule has 0 saturated heterocycles. The fourth-order valence-corrected chi connectivity index (χ4v) is 0. The van der Waals surface area contributed by atoms with E-state index in [4.69, 9.17) is 0 Å². The highest BCUT2D eigenvalue weighted by Crippen LogP contribution is 1.60.